The van der Waals surface area contributed by atoms with Gasteiger partial charge < -0.3 is 0 Å². The van der Waals surface area contributed by atoms with Gasteiger partial charge in [-0.3, -0.25) is 15.0 Å². The van der Waals surface area contributed by atoms with Gasteiger partial charge >= 0.3 is 0 Å². The molecule has 1 aromatic rings. The Morgan fingerprint density at radius 1 is 1.31 bits per heavy atom. The maximum Gasteiger partial charge on any atom is 0.233 e. The molecule has 88 valence electrons. The monoisotopic (exact) mass is 225 g/mol. The molecule has 0 saturated carbocycles. The van der Waals surface area contributed by atoms with E-state index in [1.165, 1.54) is 10.9 Å². The SMILES string of the molecule is NNC(=O)CCCCC(=O)Cn1ccnn1. The van der Waals surface area contributed by atoms with Gasteiger partial charge in [-0.05, 0) is 12.8 Å². The number of rotatable bonds is 7. The number of hydrazine groups is 1. The summed E-state index contributed by atoms with van der Waals surface area (Å²) in [6.45, 7) is 0.239. The van der Waals surface area contributed by atoms with Crippen LogP contribution in [0, 0.1) is 0 Å². The second kappa shape index (κ2) is 6.67. The number of aromatic nitrogens is 3. The van der Waals surface area contributed by atoms with Crippen LogP contribution >= 0.6 is 0 Å². The molecule has 0 bridgehead atoms. The second-order valence-electron chi connectivity index (χ2n) is 3.41. The highest BCUT2D eigenvalue weighted by Crippen LogP contribution is 2.01. The summed E-state index contributed by atoms with van der Waals surface area (Å²) in [7, 11) is 0. The molecule has 1 aromatic heterocycles. The number of hydrogen-bond donors (Lipinski definition) is 2. The van der Waals surface area contributed by atoms with Crippen LogP contribution < -0.4 is 11.3 Å². The third kappa shape index (κ3) is 4.65. The number of ketones is 1. The van der Waals surface area contributed by atoms with Crippen molar-refractivity contribution in [1.82, 2.24) is 20.4 Å². The third-order valence-corrected chi connectivity index (χ3v) is 2.08. The molecule has 7 heteroatoms. The number of unbranched alkanes of at least 4 members (excludes halogenated alkanes) is 1. The molecule has 1 amide bonds. The topological polar surface area (TPSA) is 103 Å². The molecule has 0 aromatic carbocycles. The summed E-state index contributed by atoms with van der Waals surface area (Å²) in [6, 6.07) is 0. The van der Waals surface area contributed by atoms with E-state index in [-0.39, 0.29) is 18.2 Å². The predicted molar refractivity (Wildman–Crippen MR) is 55.8 cm³/mol. The van der Waals surface area contributed by atoms with Crippen LogP contribution in [0.25, 0.3) is 0 Å². The lowest BCUT2D eigenvalue weighted by Crippen LogP contribution is -2.29. The van der Waals surface area contributed by atoms with Crippen LogP contribution in [0.2, 0.25) is 0 Å². The van der Waals surface area contributed by atoms with Crippen LogP contribution in [-0.4, -0.2) is 26.7 Å². The summed E-state index contributed by atoms with van der Waals surface area (Å²) < 4.78 is 1.48. The molecule has 0 aliphatic rings. The first-order valence-corrected chi connectivity index (χ1v) is 5.07. The molecule has 3 N–H and O–H groups in total. The van der Waals surface area contributed by atoms with Crippen molar-refractivity contribution in [2.24, 2.45) is 5.84 Å². The van der Waals surface area contributed by atoms with Crippen molar-refractivity contribution in [3.05, 3.63) is 12.4 Å². The molecular weight excluding hydrogens is 210 g/mol. The number of carbonyl (C=O) groups is 2. The van der Waals surface area contributed by atoms with E-state index in [0.29, 0.717) is 25.7 Å². The molecular formula is C9H15N5O2. The Morgan fingerprint density at radius 2 is 2.06 bits per heavy atom. The minimum absolute atomic E-state index is 0.0821. The smallest absolute Gasteiger partial charge is 0.233 e. The fourth-order valence-corrected chi connectivity index (χ4v) is 1.26. The lowest BCUT2D eigenvalue weighted by atomic mass is 10.1. The standard InChI is InChI=1S/C9H15N5O2/c10-12-9(16)4-2-1-3-8(15)7-14-6-5-11-13-14/h5-6H,1-4,7,10H2,(H,12,16). The number of nitrogens with one attached hydrogen (secondary N) is 1. The van der Waals surface area contributed by atoms with Gasteiger partial charge in [0.2, 0.25) is 5.91 Å². The number of nitrogens with zero attached hydrogens (tertiary/aromatic N) is 3. The predicted octanol–water partition coefficient (Wildman–Crippen LogP) is -0.603. The molecule has 0 fully saturated rings. The zero-order valence-electron chi connectivity index (χ0n) is 8.93. The first-order chi connectivity index (χ1) is 7.72. The highest BCUT2D eigenvalue weighted by Gasteiger charge is 2.04. The lowest BCUT2D eigenvalue weighted by molar-refractivity contribution is -0.122. The normalized spacial score (nSPS) is 10.1. The largest absolute Gasteiger partial charge is 0.298 e. The van der Waals surface area contributed by atoms with Gasteiger partial charge in [0.25, 0.3) is 0 Å². The van der Waals surface area contributed by atoms with Crippen molar-refractivity contribution >= 4 is 11.7 Å². The first kappa shape index (κ1) is 12.3. The van der Waals surface area contributed by atoms with Gasteiger partial charge in [-0.1, -0.05) is 5.21 Å². The number of nitrogens with two attached hydrogens (primary N) is 1. The molecule has 7 nitrogen and oxygen atoms in total. The average molecular weight is 225 g/mol. The fraction of sp³-hybridized carbons (Fsp3) is 0.556. The van der Waals surface area contributed by atoms with Gasteiger partial charge in [0.1, 0.15) is 6.54 Å². The van der Waals surface area contributed by atoms with E-state index in [2.05, 4.69) is 10.3 Å². The average Bonchev–Trinajstić information content (AvgIpc) is 2.76. The highest BCUT2D eigenvalue weighted by atomic mass is 16.2. The quantitative estimate of drug-likeness (QED) is 0.279. The third-order valence-electron chi connectivity index (χ3n) is 2.08. The number of hydrogen-bond acceptors (Lipinski definition) is 5. The van der Waals surface area contributed by atoms with E-state index < -0.39 is 0 Å². The van der Waals surface area contributed by atoms with Crippen molar-refractivity contribution in [3.63, 3.8) is 0 Å². The summed E-state index contributed by atoms with van der Waals surface area (Å²) in [4.78, 5) is 22.2. The van der Waals surface area contributed by atoms with Gasteiger partial charge in [-0.25, -0.2) is 10.5 Å². The van der Waals surface area contributed by atoms with Gasteiger partial charge in [0, 0.05) is 19.0 Å². The second-order valence-corrected chi connectivity index (χ2v) is 3.41. The lowest BCUT2D eigenvalue weighted by Gasteiger charge is -2.01. The zero-order valence-corrected chi connectivity index (χ0v) is 8.93. The minimum atomic E-state index is -0.205. The molecule has 16 heavy (non-hydrogen) atoms. The van der Waals surface area contributed by atoms with E-state index >= 15 is 0 Å². The minimum Gasteiger partial charge on any atom is -0.298 e. The molecule has 0 aliphatic carbocycles. The van der Waals surface area contributed by atoms with Crippen molar-refractivity contribution in [2.45, 2.75) is 32.2 Å². The van der Waals surface area contributed by atoms with Gasteiger partial charge in [-0.2, -0.15) is 0 Å². The van der Waals surface area contributed by atoms with Crippen LogP contribution in [0.3, 0.4) is 0 Å². The van der Waals surface area contributed by atoms with Crippen LogP contribution in [-0.2, 0) is 16.1 Å². The maximum absolute atomic E-state index is 11.4. The Morgan fingerprint density at radius 3 is 2.69 bits per heavy atom. The Balaban J connectivity index is 2.09. The summed E-state index contributed by atoms with van der Waals surface area (Å²) >= 11 is 0. The Bertz CT molecular complexity index is 336. The molecule has 0 unspecified atom stereocenters. The summed E-state index contributed by atoms with van der Waals surface area (Å²) in [5, 5.41) is 7.29. The van der Waals surface area contributed by atoms with E-state index in [1.807, 2.05) is 5.43 Å². The maximum atomic E-state index is 11.4. The zero-order chi connectivity index (χ0) is 11.8. The summed E-state index contributed by atoms with van der Waals surface area (Å²) in [6.07, 6.45) is 5.30. The van der Waals surface area contributed by atoms with E-state index in [9.17, 15) is 9.59 Å². The highest BCUT2D eigenvalue weighted by molar-refractivity contribution is 5.78. The molecule has 0 aliphatic heterocycles. The van der Waals surface area contributed by atoms with Crippen LogP contribution in [0.15, 0.2) is 12.4 Å². The fourth-order valence-electron chi connectivity index (χ4n) is 1.26. The van der Waals surface area contributed by atoms with Crippen molar-refractivity contribution in [3.8, 4) is 0 Å². The first-order valence-electron chi connectivity index (χ1n) is 5.07. The Kier molecular flexibility index (Phi) is 5.13. The van der Waals surface area contributed by atoms with Crippen molar-refractivity contribution in [2.75, 3.05) is 0 Å². The van der Waals surface area contributed by atoms with Crippen molar-refractivity contribution < 1.29 is 9.59 Å². The van der Waals surface area contributed by atoms with Gasteiger partial charge in [0.15, 0.2) is 5.78 Å². The summed E-state index contributed by atoms with van der Waals surface area (Å²) in [5.74, 6) is 4.80. The Hall–Kier alpha value is -1.76. The molecule has 0 radical (unpaired) electrons. The number of amides is 1. The van der Waals surface area contributed by atoms with E-state index in [1.54, 1.807) is 6.20 Å². The van der Waals surface area contributed by atoms with E-state index in [4.69, 9.17) is 5.84 Å². The summed E-state index contributed by atoms with van der Waals surface area (Å²) in [5.41, 5.74) is 2.04. The number of Topliss-reactive ketones (excluding diaryl/α,β-unsaturated/α-hetero) is 1. The van der Waals surface area contributed by atoms with Gasteiger partial charge in [-0.15, -0.1) is 5.10 Å². The van der Waals surface area contributed by atoms with Crippen LogP contribution in [0.5, 0.6) is 0 Å². The molecule has 0 spiro atoms. The number of carbonyl (C=O) groups excluding carboxylic acids is 2. The van der Waals surface area contributed by atoms with Crippen molar-refractivity contribution in [1.29, 1.82) is 0 Å². The molecule has 1 rings (SSSR count). The molecule has 1 heterocycles. The Labute approximate surface area is 93.0 Å². The molecule has 0 saturated heterocycles. The van der Waals surface area contributed by atoms with Crippen LogP contribution in [0.4, 0.5) is 0 Å². The van der Waals surface area contributed by atoms with E-state index in [0.717, 1.165) is 0 Å². The van der Waals surface area contributed by atoms with Gasteiger partial charge in [0.05, 0.1) is 6.20 Å². The van der Waals surface area contributed by atoms with Crippen LogP contribution in [0.1, 0.15) is 25.7 Å². The molecule has 0 atom stereocenters.